The predicted octanol–water partition coefficient (Wildman–Crippen LogP) is 5.87. The summed E-state index contributed by atoms with van der Waals surface area (Å²) in [7, 11) is 0. The SMILES string of the molecule is Cc1ccccc1NC(=O)Cn1c2c(sc1=O)[C@H](c1cccc(Cl)c1Cl)C1C(=O)N(c3ccc([N+](=O)[O-])cc3)C(=O)C1S2. The molecule has 0 saturated carbocycles. The number of nitro groups is 1. The van der Waals surface area contributed by atoms with Gasteiger partial charge >= 0.3 is 4.87 Å². The number of imide groups is 1. The van der Waals surface area contributed by atoms with Crippen molar-refractivity contribution in [3.05, 3.63) is 113 Å². The summed E-state index contributed by atoms with van der Waals surface area (Å²) in [6, 6.07) is 17.3. The number of amides is 3. The van der Waals surface area contributed by atoms with Crippen LogP contribution in [0, 0.1) is 23.0 Å². The van der Waals surface area contributed by atoms with Gasteiger partial charge in [-0.1, -0.05) is 76.6 Å². The quantitative estimate of drug-likeness (QED) is 0.156. The first kappa shape index (κ1) is 29.1. The number of benzene rings is 3. The van der Waals surface area contributed by atoms with Gasteiger partial charge in [0.05, 0.1) is 31.6 Å². The Bertz CT molecular complexity index is 1890. The standard InChI is InChI=1S/C29H20Cl2N4O6S2/c1-14-5-2-3-8-19(14)32-20(36)13-33-28-25(43-29(33)39)21(17-6-4-7-18(30)23(17)31)22-24(42-28)27(38)34(26(22)37)15-9-11-16(12-10-15)35(40)41/h2-12,21-22,24H,13H2,1H3,(H,32,36)/t21-,22?,24?/m1/s1. The van der Waals surface area contributed by atoms with Crippen LogP contribution in [-0.2, 0) is 20.9 Å². The first-order chi connectivity index (χ1) is 20.6. The molecular formula is C29H20Cl2N4O6S2. The second-order valence-corrected chi connectivity index (χ2v) is 12.9. The van der Waals surface area contributed by atoms with Crippen LogP contribution in [0.5, 0.6) is 0 Å². The van der Waals surface area contributed by atoms with Crippen LogP contribution in [0.2, 0.25) is 10.0 Å². The number of thioether (sulfide) groups is 1. The summed E-state index contributed by atoms with van der Waals surface area (Å²) in [5.74, 6) is -3.28. The van der Waals surface area contributed by atoms with Crippen molar-refractivity contribution in [1.82, 2.24) is 4.57 Å². The highest BCUT2D eigenvalue weighted by molar-refractivity contribution is 8.00. The van der Waals surface area contributed by atoms with Crippen molar-refractivity contribution >= 4 is 81.1 Å². The zero-order valence-corrected chi connectivity index (χ0v) is 25.3. The first-order valence-electron chi connectivity index (χ1n) is 12.9. The molecule has 3 aromatic carbocycles. The number of thiazole rings is 1. The Hall–Kier alpha value is -3.97. The number of non-ortho nitro benzene ring substituents is 1. The summed E-state index contributed by atoms with van der Waals surface area (Å²) in [5, 5.41) is 13.8. The van der Waals surface area contributed by atoms with E-state index in [9.17, 15) is 29.3 Å². The number of hydrogen-bond donors (Lipinski definition) is 1. The van der Waals surface area contributed by atoms with Gasteiger partial charge < -0.3 is 5.32 Å². The van der Waals surface area contributed by atoms with E-state index in [-0.39, 0.29) is 28.0 Å². The minimum atomic E-state index is -0.963. The molecule has 14 heteroatoms. The Kier molecular flexibility index (Phi) is 7.63. The van der Waals surface area contributed by atoms with Gasteiger partial charge in [-0.15, -0.1) is 0 Å². The van der Waals surface area contributed by atoms with E-state index in [1.54, 1.807) is 30.3 Å². The van der Waals surface area contributed by atoms with Crippen molar-refractivity contribution in [3.63, 3.8) is 0 Å². The topological polar surface area (TPSA) is 132 Å². The summed E-state index contributed by atoms with van der Waals surface area (Å²) < 4.78 is 1.31. The molecule has 1 aromatic heterocycles. The highest BCUT2D eigenvalue weighted by Gasteiger charge is 2.57. The molecule has 2 aliphatic rings. The van der Waals surface area contributed by atoms with Gasteiger partial charge in [-0.05, 0) is 42.3 Å². The molecule has 4 aromatic rings. The molecule has 0 bridgehead atoms. The van der Waals surface area contributed by atoms with E-state index in [0.717, 1.165) is 33.6 Å². The minimum absolute atomic E-state index is 0.185. The molecule has 43 heavy (non-hydrogen) atoms. The molecule has 2 aliphatic heterocycles. The number of carbonyl (C=O) groups is 3. The lowest BCUT2D eigenvalue weighted by molar-refractivity contribution is -0.384. The molecule has 3 heterocycles. The number of hydrogen-bond acceptors (Lipinski definition) is 8. The van der Waals surface area contributed by atoms with E-state index in [1.807, 2.05) is 19.1 Å². The number of aromatic nitrogens is 1. The van der Waals surface area contributed by atoms with E-state index in [4.69, 9.17) is 23.2 Å². The Morgan fingerprint density at radius 2 is 1.72 bits per heavy atom. The lowest BCUT2D eigenvalue weighted by atomic mass is 9.83. The fraction of sp³-hybridized carbons (Fsp3) is 0.172. The van der Waals surface area contributed by atoms with Crippen LogP contribution in [0.3, 0.4) is 0 Å². The molecule has 3 amide bonds. The predicted molar refractivity (Wildman–Crippen MR) is 165 cm³/mol. The number of carbonyl (C=O) groups excluding carboxylic acids is 3. The zero-order valence-electron chi connectivity index (χ0n) is 22.2. The van der Waals surface area contributed by atoms with E-state index in [0.29, 0.717) is 21.2 Å². The molecule has 2 unspecified atom stereocenters. The van der Waals surface area contributed by atoms with Crippen LogP contribution in [0.25, 0.3) is 0 Å². The van der Waals surface area contributed by atoms with Gasteiger partial charge in [0, 0.05) is 28.6 Å². The Labute approximate surface area is 262 Å². The molecular weight excluding hydrogens is 635 g/mol. The van der Waals surface area contributed by atoms with Gasteiger partial charge in [0.15, 0.2) is 0 Å². The molecule has 0 spiro atoms. The average molecular weight is 656 g/mol. The largest absolute Gasteiger partial charge is 0.324 e. The fourth-order valence-electron chi connectivity index (χ4n) is 5.38. The van der Waals surface area contributed by atoms with Gasteiger partial charge in [-0.25, -0.2) is 4.90 Å². The van der Waals surface area contributed by atoms with Crippen LogP contribution in [0.1, 0.15) is 21.9 Å². The molecule has 0 aliphatic carbocycles. The Morgan fingerprint density at radius 1 is 1.00 bits per heavy atom. The number of aryl methyl sites for hydroxylation is 1. The maximum Gasteiger partial charge on any atom is 0.308 e. The van der Waals surface area contributed by atoms with E-state index >= 15 is 0 Å². The second kappa shape index (κ2) is 11.3. The minimum Gasteiger partial charge on any atom is -0.324 e. The van der Waals surface area contributed by atoms with Crippen LogP contribution in [0.15, 0.2) is 76.6 Å². The van der Waals surface area contributed by atoms with Crippen LogP contribution in [-0.4, -0.2) is 32.5 Å². The van der Waals surface area contributed by atoms with Gasteiger partial charge in [-0.2, -0.15) is 0 Å². The van der Waals surface area contributed by atoms with Gasteiger partial charge in [0.2, 0.25) is 17.7 Å². The molecule has 3 atom stereocenters. The number of nitro benzene ring substituents is 1. The van der Waals surface area contributed by atoms with Crippen LogP contribution < -0.4 is 15.1 Å². The summed E-state index contributed by atoms with van der Waals surface area (Å²) in [6.45, 7) is 1.54. The summed E-state index contributed by atoms with van der Waals surface area (Å²) in [6.07, 6.45) is 0. The maximum absolute atomic E-state index is 14.0. The zero-order chi connectivity index (χ0) is 30.6. The van der Waals surface area contributed by atoms with E-state index in [2.05, 4.69) is 5.32 Å². The molecule has 1 saturated heterocycles. The molecule has 1 N–H and O–H groups in total. The lowest BCUT2D eigenvalue weighted by Crippen LogP contribution is -2.33. The number of nitrogens with zero attached hydrogens (tertiary/aromatic N) is 3. The number of fused-ring (bicyclic) bond motifs is 2. The third-order valence-corrected chi connectivity index (χ3v) is 10.8. The van der Waals surface area contributed by atoms with Crippen molar-refractivity contribution in [1.29, 1.82) is 0 Å². The van der Waals surface area contributed by atoms with Crippen molar-refractivity contribution in [2.75, 3.05) is 10.2 Å². The molecule has 6 rings (SSSR count). The van der Waals surface area contributed by atoms with E-state index < -0.39 is 44.6 Å². The third-order valence-electron chi connectivity index (χ3n) is 7.41. The number of nitrogens with one attached hydrogen (secondary N) is 1. The molecule has 218 valence electrons. The van der Waals surface area contributed by atoms with Crippen molar-refractivity contribution < 1.29 is 19.3 Å². The van der Waals surface area contributed by atoms with Gasteiger partial charge in [0.25, 0.3) is 5.69 Å². The van der Waals surface area contributed by atoms with E-state index in [1.165, 1.54) is 28.8 Å². The third kappa shape index (κ3) is 5.03. The number of para-hydroxylation sites is 1. The summed E-state index contributed by atoms with van der Waals surface area (Å²) >= 11 is 14.9. The smallest absolute Gasteiger partial charge is 0.308 e. The number of rotatable bonds is 6. The molecule has 0 radical (unpaired) electrons. The number of anilines is 2. The highest BCUT2D eigenvalue weighted by atomic mass is 35.5. The second-order valence-electron chi connectivity index (χ2n) is 9.96. The monoisotopic (exact) mass is 654 g/mol. The number of halogens is 2. The first-order valence-corrected chi connectivity index (χ1v) is 15.3. The summed E-state index contributed by atoms with van der Waals surface area (Å²) in [4.78, 5) is 66.0. The molecule has 1 fully saturated rings. The van der Waals surface area contributed by atoms with Crippen molar-refractivity contribution in [2.24, 2.45) is 5.92 Å². The van der Waals surface area contributed by atoms with Crippen LogP contribution in [0.4, 0.5) is 17.1 Å². The Morgan fingerprint density at radius 3 is 2.42 bits per heavy atom. The average Bonchev–Trinajstić information content (AvgIpc) is 3.42. The summed E-state index contributed by atoms with van der Waals surface area (Å²) in [5.41, 5.74) is 1.93. The van der Waals surface area contributed by atoms with Crippen LogP contribution >= 0.6 is 46.3 Å². The van der Waals surface area contributed by atoms with Crippen molar-refractivity contribution in [2.45, 2.75) is 29.7 Å². The Balaban J connectivity index is 1.43. The highest BCUT2D eigenvalue weighted by Crippen LogP contribution is 2.55. The maximum atomic E-state index is 14.0. The van der Waals surface area contributed by atoms with Gasteiger partial charge in [0.1, 0.15) is 11.8 Å². The fourth-order valence-corrected chi connectivity index (χ4v) is 8.56. The van der Waals surface area contributed by atoms with Crippen molar-refractivity contribution in [3.8, 4) is 0 Å². The normalized spacial score (nSPS) is 19.2. The molecule has 10 nitrogen and oxygen atoms in total. The lowest BCUT2D eigenvalue weighted by Gasteiger charge is -2.31. The van der Waals surface area contributed by atoms with Gasteiger partial charge in [-0.3, -0.25) is 33.9 Å².